The number of aldehydes is 1. The molecular formula is C15H20N2O4. The van der Waals surface area contributed by atoms with Crippen molar-refractivity contribution in [2.45, 2.75) is 32.1 Å². The highest BCUT2D eigenvalue weighted by molar-refractivity contribution is 6.23. The topological polar surface area (TPSA) is 87.7 Å². The van der Waals surface area contributed by atoms with E-state index in [2.05, 4.69) is 10.6 Å². The Bertz CT molecular complexity index is 518. The molecule has 1 aromatic rings. The van der Waals surface area contributed by atoms with Crippen molar-refractivity contribution >= 4 is 17.9 Å². The summed E-state index contributed by atoms with van der Waals surface area (Å²) >= 11 is 0. The van der Waals surface area contributed by atoms with Crippen LogP contribution in [0.1, 0.15) is 30.6 Å². The lowest BCUT2D eigenvalue weighted by atomic mass is 10.0. The predicted molar refractivity (Wildman–Crippen MR) is 77.8 cm³/mol. The van der Waals surface area contributed by atoms with E-state index in [9.17, 15) is 14.7 Å². The molecule has 1 aromatic carbocycles. The molecule has 0 saturated heterocycles. The van der Waals surface area contributed by atoms with Crippen LogP contribution in [0.15, 0.2) is 18.2 Å². The number of carbonyl (C=O) groups is 2. The second kappa shape index (κ2) is 7.19. The second-order valence-corrected chi connectivity index (χ2v) is 4.97. The van der Waals surface area contributed by atoms with Gasteiger partial charge in [-0.1, -0.05) is 19.1 Å². The molecular weight excluding hydrogens is 272 g/mol. The van der Waals surface area contributed by atoms with Gasteiger partial charge in [0.25, 0.3) is 5.91 Å². The summed E-state index contributed by atoms with van der Waals surface area (Å²) in [5.74, 6) is -0.607. The Labute approximate surface area is 123 Å². The number of carbonyl (C=O) groups excluding carboxylic acids is 2. The maximum atomic E-state index is 10.9. The van der Waals surface area contributed by atoms with Gasteiger partial charge in [-0.2, -0.15) is 0 Å². The van der Waals surface area contributed by atoms with Gasteiger partial charge in [-0.15, -0.1) is 0 Å². The summed E-state index contributed by atoms with van der Waals surface area (Å²) < 4.78 is 5.68. The monoisotopic (exact) mass is 292 g/mol. The Morgan fingerprint density at radius 1 is 1.57 bits per heavy atom. The van der Waals surface area contributed by atoms with Crippen molar-refractivity contribution in [2.24, 2.45) is 0 Å². The van der Waals surface area contributed by atoms with Crippen LogP contribution in [-0.2, 0) is 20.7 Å². The highest BCUT2D eigenvalue weighted by atomic mass is 16.5. The molecule has 3 N–H and O–H groups in total. The molecule has 0 saturated carbocycles. The molecule has 21 heavy (non-hydrogen) atoms. The fraction of sp³-hybridized carbons (Fsp3) is 0.467. The summed E-state index contributed by atoms with van der Waals surface area (Å²) in [4.78, 5) is 21.1. The maximum Gasteiger partial charge on any atom is 0.284 e. The van der Waals surface area contributed by atoms with E-state index in [-0.39, 0.29) is 19.0 Å². The second-order valence-electron chi connectivity index (χ2n) is 4.97. The fourth-order valence-corrected chi connectivity index (χ4v) is 2.39. The van der Waals surface area contributed by atoms with Gasteiger partial charge in [0.05, 0.1) is 12.7 Å². The van der Waals surface area contributed by atoms with Crippen LogP contribution >= 0.6 is 0 Å². The minimum Gasteiger partial charge on any atom is -0.371 e. The number of rotatable bonds is 5. The van der Waals surface area contributed by atoms with E-state index in [0.717, 1.165) is 23.2 Å². The lowest BCUT2D eigenvalue weighted by Crippen LogP contribution is -2.26. The molecule has 1 heterocycles. The lowest BCUT2D eigenvalue weighted by Gasteiger charge is -2.16. The van der Waals surface area contributed by atoms with Crippen molar-refractivity contribution in [2.75, 3.05) is 18.5 Å². The van der Waals surface area contributed by atoms with E-state index in [0.29, 0.717) is 13.0 Å². The van der Waals surface area contributed by atoms with Crippen LogP contribution < -0.4 is 10.6 Å². The first kappa shape index (κ1) is 15.5. The summed E-state index contributed by atoms with van der Waals surface area (Å²) in [6.45, 7) is 2.69. The number of aliphatic hydroxyl groups excluding tert-OH is 1. The third kappa shape index (κ3) is 4.03. The van der Waals surface area contributed by atoms with Gasteiger partial charge in [0, 0.05) is 17.8 Å². The zero-order valence-corrected chi connectivity index (χ0v) is 12.0. The quantitative estimate of drug-likeness (QED) is 0.551. The third-order valence-corrected chi connectivity index (χ3v) is 3.43. The van der Waals surface area contributed by atoms with Gasteiger partial charge in [-0.25, -0.2) is 0 Å². The first-order chi connectivity index (χ1) is 10.1. The van der Waals surface area contributed by atoms with E-state index in [4.69, 9.17) is 4.74 Å². The van der Waals surface area contributed by atoms with E-state index < -0.39 is 12.1 Å². The van der Waals surface area contributed by atoms with Crippen molar-refractivity contribution in [3.05, 3.63) is 29.3 Å². The molecule has 6 nitrogen and oxygen atoms in total. The van der Waals surface area contributed by atoms with Crippen LogP contribution in [-0.4, -0.2) is 36.7 Å². The molecule has 6 heteroatoms. The fourth-order valence-electron chi connectivity index (χ4n) is 2.39. The Morgan fingerprint density at radius 3 is 3.10 bits per heavy atom. The molecule has 0 radical (unpaired) electrons. The molecule has 114 valence electrons. The van der Waals surface area contributed by atoms with Crippen molar-refractivity contribution in [1.29, 1.82) is 0 Å². The first-order valence-electron chi connectivity index (χ1n) is 7.06. The van der Waals surface area contributed by atoms with Crippen LogP contribution in [0.25, 0.3) is 0 Å². The van der Waals surface area contributed by atoms with Crippen LogP contribution in [0.2, 0.25) is 0 Å². The number of fused-ring (bicyclic) bond motifs is 1. The predicted octanol–water partition coefficient (Wildman–Crippen LogP) is 0.756. The zero-order chi connectivity index (χ0) is 15.2. The maximum absolute atomic E-state index is 10.9. The Balaban J connectivity index is 2.10. The van der Waals surface area contributed by atoms with Gasteiger partial charge in [0.1, 0.15) is 6.23 Å². The number of benzene rings is 1. The number of amides is 1. The summed E-state index contributed by atoms with van der Waals surface area (Å²) in [5.41, 5.74) is 2.92. The van der Waals surface area contributed by atoms with Gasteiger partial charge >= 0.3 is 0 Å². The number of aliphatic hydroxyl groups is 1. The normalized spacial score (nSPS) is 20.9. The summed E-state index contributed by atoms with van der Waals surface area (Å²) in [6, 6.07) is 5.86. The standard InChI is InChI=1S/C15H20N2O4/c1-2-13-11-7-10(5-6-16-14(19)8-18)3-4-12(11)17-15(20)9-21-13/h3-4,7-8,13,15,17,20H,2,5-6,9H2,1H3,(H,16,19). The molecule has 0 aliphatic carbocycles. The summed E-state index contributed by atoms with van der Waals surface area (Å²) in [6.07, 6.45) is 0.939. The van der Waals surface area contributed by atoms with Crippen LogP contribution in [0, 0.1) is 0 Å². The van der Waals surface area contributed by atoms with Crippen LogP contribution in [0.3, 0.4) is 0 Å². The number of hydrogen-bond acceptors (Lipinski definition) is 5. The molecule has 0 aromatic heterocycles. The van der Waals surface area contributed by atoms with Gasteiger partial charge in [-0.3, -0.25) is 9.59 Å². The van der Waals surface area contributed by atoms with Gasteiger partial charge in [0.2, 0.25) is 6.29 Å². The minimum atomic E-state index is -0.710. The third-order valence-electron chi connectivity index (χ3n) is 3.43. The average Bonchev–Trinajstić information content (AvgIpc) is 2.65. The van der Waals surface area contributed by atoms with E-state index in [1.165, 1.54) is 0 Å². The van der Waals surface area contributed by atoms with E-state index in [1.54, 1.807) is 0 Å². The zero-order valence-electron chi connectivity index (χ0n) is 12.0. The number of hydrogen-bond donors (Lipinski definition) is 3. The minimum absolute atomic E-state index is 0.0610. The molecule has 2 unspecified atom stereocenters. The van der Waals surface area contributed by atoms with E-state index in [1.807, 2.05) is 25.1 Å². The van der Waals surface area contributed by atoms with Crippen molar-refractivity contribution in [1.82, 2.24) is 5.32 Å². The highest BCUT2D eigenvalue weighted by Gasteiger charge is 2.21. The number of ether oxygens (including phenoxy) is 1. The largest absolute Gasteiger partial charge is 0.371 e. The molecule has 2 rings (SSSR count). The van der Waals surface area contributed by atoms with Crippen LogP contribution in [0.5, 0.6) is 0 Å². The molecule has 1 aliphatic heterocycles. The van der Waals surface area contributed by atoms with Crippen LogP contribution in [0.4, 0.5) is 5.69 Å². The SMILES string of the molecule is CCC1OCC(O)Nc2ccc(CCNC(=O)C=O)cc21. The van der Waals surface area contributed by atoms with Crippen molar-refractivity contribution < 1.29 is 19.4 Å². The number of anilines is 1. The Hall–Kier alpha value is -1.92. The number of nitrogens with one attached hydrogen (secondary N) is 2. The Morgan fingerprint density at radius 2 is 2.38 bits per heavy atom. The smallest absolute Gasteiger partial charge is 0.284 e. The highest BCUT2D eigenvalue weighted by Crippen LogP contribution is 2.32. The summed E-state index contributed by atoms with van der Waals surface area (Å²) in [5, 5.41) is 15.3. The average molecular weight is 292 g/mol. The first-order valence-corrected chi connectivity index (χ1v) is 7.06. The van der Waals surface area contributed by atoms with Crippen molar-refractivity contribution in [3.8, 4) is 0 Å². The molecule has 0 fully saturated rings. The van der Waals surface area contributed by atoms with Crippen molar-refractivity contribution in [3.63, 3.8) is 0 Å². The van der Waals surface area contributed by atoms with Gasteiger partial charge < -0.3 is 20.5 Å². The van der Waals surface area contributed by atoms with Gasteiger partial charge in [-0.05, 0) is 24.5 Å². The lowest BCUT2D eigenvalue weighted by molar-refractivity contribution is -0.131. The molecule has 1 amide bonds. The van der Waals surface area contributed by atoms with Gasteiger partial charge in [0.15, 0.2) is 0 Å². The van der Waals surface area contributed by atoms with E-state index >= 15 is 0 Å². The molecule has 0 bridgehead atoms. The Kier molecular flexibility index (Phi) is 5.30. The molecule has 1 aliphatic rings. The molecule has 2 atom stereocenters. The molecule has 0 spiro atoms. The summed E-state index contributed by atoms with van der Waals surface area (Å²) in [7, 11) is 0.